The number of hydrogen-bond donors (Lipinski definition) is 2. The van der Waals surface area contributed by atoms with E-state index in [2.05, 4.69) is 0 Å². The molecule has 0 bridgehead atoms. The van der Waals surface area contributed by atoms with E-state index in [0.717, 1.165) is 15.9 Å². The van der Waals surface area contributed by atoms with Gasteiger partial charge in [0.25, 0.3) is 0 Å². The van der Waals surface area contributed by atoms with Gasteiger partial charge in [-0.2, -0.15) is 0 Å². The maximum Gasteiger partial charge on any atom is 0.324 e. The minimum atomic E-state index is -0.806. The Morgan fingerprint density at radius 3 is 2.94 bits per heavy atom. The molecule has 3 N–H and O–H groups in total. The van der Waals surface area contributed by atoms with Gasteiger partial charge < -0.3 is 15.5 Å². The summed E-state index contributed by atoms with van der Waals surface area (Å²) in [5, 5.41) is 8.64. The third-order valence-electron chi connectivity index (χ3n) is 2.79. The molecule has 2 rings (SSSR count). The molecule has 0 fully saturated rings. The van der Waals surface area contributed by atoms with Gasteiger partial charge in [-0.25, -0.2) is 0 Å². The Labute approximate surface area is 105 Å². The maximum atomic E-state index is 10.5. The first-order chi connectivity index (χ1) is 8.11. The Morgan fingerprint density at radius 2 is 2.33 bits per heavy atom. The summed E-state index contributed by atoms with van der Waals surface area (Å²) in [5.41, 5.74) is 7.89. The third-order valence-corrected chi connectivity index (χ3v) is 3.77. The van der Waals surface area contributed by atoms with Crippen molar-refractivity contribution in [3.05, 3.63) is 23.8 Å². The monoisotopic (exact) mass is 518 g/mol. The first-order valence-electron chi connectivity index (χ1n) is 5.45. The average molecular weight is 518 g/mol. The summed E-state index contributed by atoms with van der Waals surface area (Å²) in [7, 11) is 0. The maximum absolute atomic E-state index is 10.5. The second kappa shape index (κ2) is 5.57. The predicted molar refractivity (Wildman–Crippen MR) is 68.9 cm³/mol. The van der Waals surface area contributed by atoms with Gasteiger partial charge in [-0.3, -0.25) is 4.79 Å². The molecule has 1 aliphatic heterocycles. The molecule has 1 aromatic rings. The first-order valence-corrected chi connectivity index (χ1v) is 6.44. The van der Waals surface area contributed by atoms with Crippen molar-refractivity contribution in [3.63, 3.8) is 0 Å². The Hall–Kier alpha value is -1.98. The quantitative estimate of drug-likeness (QED) is 0.455. The summed E-state index contributed by atoms with van der Waals surface area (Å²) < 4.78 is 5.71. The minimum absolute atomic E-state index is 0. The Bertz CT molecular complexity index is 446. The van der Waals surface area contributed by atoms with E-state index in [1.54, 1.807) is 0 Å². The van der Waals surface area contributed by atoms with Gasteiger partial charge in [0, 0.05) is 11.4 Å². The van der Waals surface area contributed by atoms with Crippen molar-refractivity contribution >= 4 is 30.1 Å². The van der Waals surface area contributed by atoms with Gasteiger partial charge in [0.2, 0.25) is 0 Å². The summed E-state index contributed by atoms with van der Waals surface area (Å²) in [6.45, 7) is 2.49. The summed E-state index contributed by atoms with van der Waals surface area (Å²) in [6.07, 6.45) is -0.0291. The Balaban J connectivity index is 0.00000162. The molecule has 0 aromatic heterocycles. The topological polar surface area (TPSA) is 72.5 Å². The number of hydrogen-bond acceptors (Lipinski definition) is 4. The fourth-order valence-corrected chi connectivity index (χ4v) is 2.67. The molecule has 0 saturated heterocycles. The molecule has 0 saturated carbocycles. The number of nitrogens with two attached hydrogens (primary N) is 1. The second-order valence-electron chi connectivity index (χ2n) is 3.98. The van der Waals surface area contributed by atoms with Gasteiger partial charge in [-0.1, -0.05) is 19.0 Å². The van der Waals surface area contributed by atoms with Crippen molar-refractivity contribution in [2.45, 2.75) is 17.8 Å². The van der Waals surface area contributed by atoms with E-state index < -0.39 is 5.97 Å². The van der Waals surface area contributed by atoms with Gasteiger partial charge in [0.05, 0.1) is 11.9 Å². The number of aliphatic carboxylic acids is 1. The summed E-state index contributed by atoms with van der Waals surface area (Å²) in [6, 6.07) is 5.92. The van der Waals surface area contributed by atoms with Gasteiger partial charge in [0.1, 0.15) is 0 Å². The van der Waals surface area contributed by atoms with Crippen molar-refractivity contribution in [2.24, 2.45) is 5.73 Å². The number of carboxylic acid groups (broad SMARTS) is 1. The van der Waals surface area contributed by atoms with E-state index in [1.165, 1.54) is 11.8 Å². The van der Waals surface area contributed by atoms with Crippen LogP contribution >= 0.6 is 11.8 Å². The fourth-order valence-electron chi connectivity index (χ4n) is 2.01. The first kappa shape index (κ1) is 14.1. The molecule has 4 nitrogen and oxygen atoms in total. The Morgan fingerprint density at radius 1 is 1.61 bits per heavy atom. The van der Waals surface area contributed by atoms with Crippen LogP contribution in [0.2, 0.25) is 6.82 Å². The van der Waals surface area contributed by atoms with E-state index in [-0.39, 0.29) is 18.8 Å². The molecular weight excluding hydrogens is 504 g/mol. The standard InChI is InChI=1S/C11H14BNO3S.Rf/c1-12-9-4-7(17-6-11(14)15)2-3-8(9)10(5-13)16-12;/h2-4,10H,5-6,13H2,1H3,(H,14,15);/t10-;/m1./s1. The fraction of sp³-hybridized carbons (Fsp3) is 0.364. The van der Waals surface area contributed by atoms with E-state index in [4.69, 9.17) is 15.5 Å². The molecule has 18 heavy (non-hydrogen) atoms. The molecule has 7 heteroatoms. The molecule has 1 aliphatic rings. The third kappa shape index (κ3) is 2.64. The van der Waals surface area contributed by atoms with E-state index in [9.17, 15) is 4.79 Å². The van der Waals surface area contributed by atoms with E-state index >= 15 is 0 Å². The molecule has 0 aliphatic carbocycles. The van der Waals surface area contributed by atoms with Crippen LogP contribution in [0.1, 0.15) is 11.7 Å². The van der Waals surface area contributed by atoms with Crippen LogP contribution in [0.4, 0.5) is 0 Å². The number of carboxylic acids is 1. The van der Waals surface area contributed by atoms with E-state index in [0.29, 0.717) is 6.54 Å². The molecular formula is C11H14BNO3RfS. The SMILES string of the molecule is CB1O[C@H](CN)c2ccc(SCC(=O)O)cc21.[Rf]. The summed E-state index contributed by atoms with van der Waals surface area (Å²) >= 11 is 1.32. The number of rotatable bonds is 4. The number of thioether (sulfide) groups is 1. The van der Waals surface area contributed by atoms with Crippen molar-refractivity contribution in [2.75, 3.05) is 12.3 Å². The average Bonchev–Trinajstić information content (AvgIpc) is 2.63. The van der Waals surface area contributed by atoms with Crippen LogP contribution in [0.5, 0.6) is 0 Å². The van der Waals surface area contributed by atoms with Crippen LogP contribution in [-0.2, 0) is 9.45 Å². The number of benzene rings is 1. The smallest absolute Gasteiger partial charge is 0.324 e. The molecule has 0 radical (unpaired) electrons. The van der Waals surface area contributed by atoms with Gasteiger partial charge in [-0.15, -0.1) is 11.8 Å². The van der Waals surface area contributed by atoms with Gasteiger partial charge in [0.15, 0.2) is 0 Å². The van der Waals surface area contributed by atoms with Gasteiger partial charge >= 0.3 is 12.9 Å². The minimum Gasteiger partial charge on any atom is -0.481 e. The molecule has 0 spiro atoms. The number of carbonyl (C=O) groups is 1. The normalized spacial score (nSPS) is 17.2. The molecule has 0 unspecified atom stereocenters. The zero-order valence-electron chi connectivity index (χ0n) is 10.3. The number of fused-ring (bicyclic) bond motifs is 1. The Kier molecular flexibility index (Phi) is 4.36. The van der Waals surface area contributed by atoms with Crippen LogP contribution in [0.25, 0.3) is 0 Å². The van der Waals surface area contributed by atoms with Crippen LogP contribution in [0.15, 0.2) is 23.1 Å². The zero-order chi connectivity index (χ0) is 12.4. The van der Waals surface area contributed by atoms with Crippen molar-refractivity contribution < 1.29 is 14.6 Å². The van der Waals surface area contributed by atoms with Crippen molar-refractivity contribution in [1.82, 2.24) is 0 Å². The van der Waals surface area contributed by atoms with Crippen molar-refractivity contribution in [1.29, 1.82) is 0 Å². The van der Waals surface area contributed by atoms with E-state index in [1.807, 2.05) is 25.0 Å². The summed E-state index contributed by atoms with van der Waals surface area (Å²) in [4.78, 5) is 11.5. The summed E-state index contributed by atoms with van der Waals surface area (Å²) in [5.74, 6) is -0.728. The molecule has 1 atom stereocenters. The van der Waals surface area contributed by atoms with Crippen LogP contribution in [0.3, 0.4) is 0 Å². The van der Waals surface area contributed by atoms with Gasteiger partial charge in [-0.05, 0) is 17.1 Å². The van der Waals surface area contributed by atoms with Crippen LogP contribution < -0.4 is 11.2 Å². The predicted octanol–water partition coefficient (Wildman–Crippen LogP) is 0.722. The molecule has 92 valence electrons. The van der Waals surface area contributed by atoms with Crippen LogP contribution in [0, 0.1) is 0 Å². The zero-order valence-corrected chi connectivity index (χ0v) is 17.5. The molecule has 1 aromatic carbocycles. The van der Waals surface area contributed by atoms with Crippen molar-refractivity contribution in [3.8, 4) is 0 Å². The molecule has 1 heterocycles. The largest absolute Gasteiger partial charge is 0.481 e. The van der Waals surface area contributed by atoms with Crippen LogP contribution in [-0.4, -0.2) is 30.3 Å². The molecule has 0 amide bonds. The second-order valence-corrected chi connectivity index (χ2v) is 5.02.